The predicted molar refractivity (Wildman–Crippen MR) is 77.1 cm³/mol. The van der Waals surface area contributed by atoms with E-state index in [0.717, 1.165) is 16.5 Å². The van der Waals surface area contributed by atoms with Gasteiger partial charge in [-0.15, -0.1) is 0 Å². The number of rotatable bonds is 2. The fourth-order valence-electron chi connectivity index (χ4n) is 2.17. The van der Waals surface area contributed by atoms with Crippen LogP contribution >= 0.6 is 0 Å². The smallest absolute Gasteiger partial charge is 0.285 e. The highest BCUT2D eigenvalue weighted by molar-refractivity contribution is 5.94. The van der Waals surface area contributed by atoms with Crippen molar-refractivity contribution in [2.24, 2.45) is 5.84 Å². The third-order valence-electron chi connectivity index (χ3n) is 3.10. The lowest BCUT2D eigenvalue weighted by Gasteiger charge is -2.07. The number of carbonyl (C=O) groups is 1. The van der Waals surface area contributed by atoms with E-state index in [1.54, 1.807) is 0 Å². The standard InChI is InChI=1S/C14H13N5O/c15-13-8-11(14(20)17-16)18-19(13)12-7-3-5-9-4-1-2-6-10(9)12/h1-8H,15-16H2,(H,17,20). The van der Waals surface area contributed by atoms with E-state index >= 15 is 0 Å². The first-order chi connectivity index (χ1) is 9.70. The molecule has 3 rings (SSSR count). The maximum absolute atomic E-state index is 11.5. The number of nitrogens with zero attached hydrogens (tertiary/aromatic N) is 2. The van der Waals surface area contributed by atoms with Crippen molar-refractivity contribution < 1.29 is 4.79 Å². The highest BCUT2D eigenvalue weighted by Gasteiger charge is 2.14. The molecule has 0 spiro atoms. The second kappa shape index (κ2) is 4.67. The van der Waals surface area contributed by atoms with Crippen LogP contribution in [0, 0.1) is 0 Å². The quantitative estimate of drug-likeness (QED) is 0.369. The zero-order chi connectivity index (χ0) is 14.1. The summed E-state index contributed by atoms with van der Waals surface area (Å²) in [6.45, 7) is 0. The number of aromatic nitrogens is 2. The van der Waals surface area contributed by atoms with Crippen LogP contribution in [0.1, 0.15) is 10.5 Å². The summed E-state index contributed by atoms with van der Waals surface area (Å²) in [5, 5.41) is 6.28. The van der Waals surface area contributed by atoms with Crippen molar-refractivity contribution in [3.05, 3.63) is 54.2 Å². The SMILES string of the molecule is NNC(=O)c1cc(N)n(-c2cccc3ccccc23)n1. The van der Waals surface area contributed by atoms with Crippen LogP contribution in [-0.4, -0.2) is 15.7 Å². The fraction of sp³-hybridized carbons (Fsp3) is 0. The predicted octanol–water partition coefficient (Wildman–Crippen LogP) is 1.21. The van der Waals surface area contributed by atoms with Gasteiger partial charge in [-0.1, -0.05) is 36.4 Å². The summed E-state index contributed by atoms with van der Waals surface area (Å²) in [5.41, 5.74) is 8.97. The molecule has 3 aromatic rings. The summed E-state index contributed by atoms with van der Waals surface area (Å²) in [7, 11) is 0. The van der Waals surface area contributed by atoms with Crippen LogP contribution in [0.2, 0.25) is 0 Å². The van der Waals surface area contributed by atoms with Crippen LogP contribution < -0.4 is 17.0 Å². The van der Waals surface area contributed by atoms with Crippen molar-refractivity contribution in [2.45, 2.75) is 0 Å². The van der Waals surface area contributed by atoms with Gasteiger partial charge in [0, 0.05) is 11.5 Å². The van der Waals surface area contributed by atoms with E-state index in [4.69, 9.17) is 11.6 Å². The monoisotopic (exact) mass is 267 g/mol. The number of nitrogen functional groups attached to an aromatic ring is 2. The molecule has 20 heavy (non-hydrogen) atoms. The summed E-state index contributed by atoms with van der Waals surface area (Å²) < 4.78 is 1.53. The van der Waals surface area contributed by atoms with Crippen molar-refractivity contribution in [2.75, 3.05) is 5.73 Å². The van der Waals surface area contributed by atoms with E-state index in [-0.39, 0.29) is 5.69 Å². The van der Waals surface area contributed by atoms with Crippen LogP contribution in [0.4, 0.5) is 5.82 Å². The van der Waals surface area contributed by atoms with Gasteiger partial charge in [0.2, 0.25) is 0 Å². The number of hydrogen-bond acceptors (Lipinski definition) is 4. The summed E-state index contributed by atoms with van der Waals surface area (Å²) in [6.07, 6.45) is 0. The van der Waals surface area contributed by atoms with Crippen LogP contribution in [0.25, 0.3) is 16.5 Å². The average molecular weight is 267 g/mol. The molecule has 6 heteroatoms. The number of amides is 1. The molecule has 1 heterocycles. The van der Waals surface area contributed by atoms with Crippen molar-refractivity contribution in [1.82, 2.24) is 15.2 Å². The van der Waals surface area contributed by atoms with Gasteiger partial charge in [0.1, 0.15) is 5.82 Å². The first kappa shape index (κ1) is 12.2. The van der Waals surface area contributed by atoms with Gasteiger partial charge in [0.25, 0.3) is 5.91 Å². The highest BCUT2D eigenvalue weighted by Crippen LogP contribution is 2.24. The molecule has 6 nitrogen and oxygen atoms in total. The van der Waals surface area contributed by atoms with Gasteiger partial charge in [-0.25, -0.2) is 10.5 Å². The molecule has 0 bridgehead atoms. The molecule has 0 atom stereocenters. The molecule has 1 amide bonds. The average Bonchev–Trinajstić information content (AvgIpc) is 2.87. The van der Waals surface area contributed by atoms with E-state index in [2.05, 4.69) is 5.10 Å². The van der Waals surface area contributed by atoms with Gasteiger partial charge >= 0.3 is 0 Å². The number of benzene rings is 2. The molecule has 5 N–H and O–H groups in total. The Kier molecular flexibility index (Phi) is 2.85. The van der Waals surface area contributed by atoms with Crippen molar-refractivity contribution in [3.8, 4) is 5.69 Å². The molecule has 1 aromatic heterocycles. The molecule has 0 fully saturated rings. The third kappa shape index (κ3) is 1.88. The molecular formula is C14H13N5O. The topological polar surface area (TPSA) is 99.0 Å². The third-order valence-corrected chi connectivity index (χ3v) is 3.10. The first-order valence-corrected chi connectivity index (χ1v) is 6.05. The Morgan fingerprint density at radius 1 is 1.15 bits per heavy atom. The van der Waals surface area contributed by atoms with Crippen molar-refractivity contribution in [1.29, 1.82) is 0 Å². The largest absolute Gasteiger partial charge is 0.384 e. The van der Waals surface area contributed by atoms with Crippen LogP contribution in [0.15, 0.2) is 48.5 Å². The number of carbonyl (C=O) groups excluding carboxylic acids is 1. The minimum Gasteiger partial charge on any atom is -0.384 e. The second-order valence-corrected chi connectivity index (χ2v) is 4.34. The minimum atomic E-state index is -0.476. The second-order valence-electron chi connectivity index (χ2n) is 4.34. The molecule has 0 aliphatic rings. The number of hydrazine groups is 1. The molecule has 2 aromatic carbocycles. The van der Waals surface area contributed by atoms with Crippen molar-refractivity contribution >= 4 is 22.5 Å². The van der Waals surface area contributed by atoms with Gasteiger partial charge in [-0.2, -0.15) is 5.10 Å². The number of hydrogen-bond donors (Lipinski definition) is 3. The maximum atomic E-state index is 11.5. The van der Waals surface area contributed by atoms with E-state index in [0.29, 0.717) is 5.82 Å². The van der Waals surface area contributed by atoms with E-state index in [1.807, 2.05) is 47.9 Å². The van der Waals surface area contributed by atoms with Crippen molar-refractivity contribution in [3.63, 3.8) is 0 Å². The van der Waals surface area contributed by atoms with Gasteiger partial charge in [-0.3, -0.25) is 10.2 Å². The Balaban J connectivity index is 2.21. The van der Waals surface area contributed by atoms with Gasteiger partial charge in [0.15, 0.2) is 5.69 Å². The normalized spacial score (nSPS) is 10.7. The Morgan fingerprint density at radius 3 is 2.70 bits per heavy atom. The number of nitrogens with one attached hydrogen (secondary N) is 1. The molecule has 100 valence electrons. The maximum Gasteiger partial charge on any atom is 0.285 e. The summed E-state index contributed by atoms with van der Waals surface area (Å²) in [6, 6.07) is 15.2. The molecule has 0 radical (unpaired) electrons. The molecule has 0 aliphatic carbocycles. The first-order valence-electron chi connectivity index (χ1n) is 6.05. The van der Waals surface area contributed by atoms with Crippen LogP contribution in [0.3, 0.4) is 0 Å². The fourth-order valence-corrected chi connectivity index (χ4v) is 2.17. The van der Waals surface area contributed by atoms with Gasteiger partial charge in [0.05, 0.1) is 5.69 Å². The Hall–Kier alpha value is -2.86. The zero-order valence-corrected chi connectivity index (χ0v) is 10.6. The molecule has 0 aliphatic heterocycles. The minimum absolute atomic E-state index is 0.179. The van der Waals surface area contributed by atoms with Gasteiger partial charge < -0.3 is 5.73 Å². The molecule has 0 saturated heterocycles. The van der Waals surface area contributed by atoms with E-state index in [1.165, 1.54) is 10.7 Å². The Morgan fingerprint density at radius 2 is 1.90 bits per heavy atom. The lowest BCUT2D eigenvalue weighted by atomic mass is 10.1. The molecule has 0 saturated carbocycles. The van der Waals surface area contributed by atoms with Crippen LogP contribution in [-0.2, 0) is 0 Å². The molecule has 0 unspecified atom stereocenters. The number of fused-ring (bicyclic) bond motifs is 1. The lowest BCUT2D eigenvalue weighted by Crippen LogP contribution is -2.30. The Bertz CT molecular complexity index is 788. The van der Waals surface area contributed by atoms with Gasteiger partial charge in [-0.05, 0) is 11.5 Å². The van der Waals surface area contributed by atoms with Crippen LogP contribution in [0.5, 0.6) is 0 Å². The number of anilines is 1. The Labute approximate surface area is 115 Å². The lowest BCUT2D eigenvalue weighted by molar-refractivity contribution is 0.0948. The van der Waals surface area contributed by atoms with E-state index in [9.17, 15) is 4.79 Å². The summed E-state index contributed by atoms with van der Waals surface area (Å²) in [4.78, 5) is 11.5. The zero-order valence-electron chi connectivity index (χ0n) is 10.6. The van der Waals surface area contributed by atoms with E-state index < -0.39 is 5.91 Å². The highest BCUT2D eigenvalue weighted by atomic mass is 16.2. The molecular weight excluding hydrogens is 254 g/mol. The summed E-state index contributed by atoms with van der Waals surface area (Å²) >= 11 is 0. The summed E-state index contributed by atoms with van der Waals surface area (Å²) in [5.74, 6) is 5.00. The number of nitrogens with two attached hydrogens (primary N) is 2.